The first-order valence-electron chi connectivity index (χ1n) is 6.39. The van der Waals surface area contributed by atoms with Crippen LogP contribution in [0, 0.1) is 5.82 Å². The first-order chi connectivity index (χ1) is 10.2. The fraction of sp³-hybridized carbons (Fsp3) is 0.462. The summed E-state index contributed by atoms with van der Waals surface area (Å²) in [6.45, 7) is -1.94. The van der Waals surface area contributed by atoms with E-state index in [-0.39, 0.29) is 5.69 Å². The van der Waals surface area contributed by atoms with Crippen LogP contribution in [-0.2, 0) is 0 Å². The molecule has 0 unspecified atom stereocenters. The number of benzene rings is 1. The number of hydrogen-bond acceptors (Lipinski definition) is 3. The maximum Gasteiger partial charge on any atom is 0.390 e. The van der Waals surface area contributed by atoms with Gasteiger partial charge in [0.1, 0.15) is 5.82 Å². The summed E-state index contributed by atoms with van der Waals surface area (Å²) in [5.41, 5.74) is -0.192. The number of para-hydroxylation sites is 1. The number of amides is 2. The van der Waals surface area contributed by atoms with Gasteiger partial charge in [0.2, 0.25) is 0 Å². The highest BCUT2D eigenvalue weighted by Crippen LogP contribution is 2.20. The molecule has 0 saturated carbocycles. The lowest BCUT2D eigenvalue weighted by atomic mass is 10.3. The Hall–Kier alpha value is -1.87. The van der Waals surface area contributed by atoms with Gasteiger partial charge in [0.15, 0.2) is 0 Å². The number of carbonyl (C=O) groups excluding carboxylic acids is 1. The molecule has 0 heterocycles. The molecule has 0 spiro atoms. The summed E-state index contributed by atoms with van der Waals surface area (Å²) in [6, 6.07) is 4.17. The van der Waals surface area contributed by atoms with Gasteiger partial charge in [0.25, 0.3) is 0 Å². The molecule has 0 saturated heterocycles. The number of halogens is 4. The lowest BCUT2D eigenvalue weighted by molar-refractivity contribution is -0.137. The van der Waals surface area contributed by atoms with Crippen LogP contribution in [0.3, 0.4) is 0 Å². The minimum Gasteiger partial charge on any atom is -0.394 e. The number of hydrogen-bond donors (Lipinski definition) is 3. The molecule has 0 fully saturated rings. The van der Waals surface area contributed by atoms with Crippen molar-refractivity contribution in [3.05, 3.63) is 30.1 Å². The molecule has 1 rings (SSSR count). The third kappa shape index (κ3) is 6.27. The quantitative estimate of drug-likeness (QED) is 0.701. The van der Waals surface area contributed by atoms with Gasteiger partial charge in [-0.05, 0) is 12.1 Å². The van der Waals surface area contributed by atoms with Crippen LogP contribution in [0.25, 0.3) is 0 Å². The predicted molar refractivity (Wildman–Crippen MR) is 70.8 cm³/mol. The zero-order valence-corrected chi connectivity index (χ0v) is 11.5. The second-order valence-corrected chi connectivity index (χ2v) is 4.56. The van der Waals surface area contributed by atoms with E-state index in [1.54, 1.807) is 0 Å². The zero-order valence-electron chi connectivity index (χ0n) is 11.5. The highest BCUT2D eigenvalue weighted by molar-refractivity contribution is 5.89. The molecule has 0 aliphatic carbocycles. The van der Waals surface area contributed by atoms with E-state index >= 15 is 0 Å². The van der Waals surface area contributed by atoms with Crippen LogP contribution in [0.2, 0.25) is 0 Å². The maximum atomic E-state index is 13.4. The summed E-state index contributed by atoms with van der Waals surface area (Å²) in [5.74, 6) is -0.741. The van der Waals surface area contributed by atoms with E-state index in [2.05, 4.69) is 5.32 Å². The van der Waals surface area contributed by atoms with E-state index in [4.69, 9.17) is 5.11 Å². The molecule has 0 aliphatic rings. The summed E-state index contributed by atoms with van der Waals surface area (Å²) in [5, 5.41) is 20.2. The first kappa shape index (κ1) is 18.2. The van der Waals surface area contributed by atoms with Gasteiger partial charge >= 0.3 is 12.2 Å². The van der Waals surface area contributed by atoms with E-state index < -0.39 is 50.2 Å². The fourth-order valence-electron chi connectivity index (χ4n) is 1.61. The molecule has 2 amide bonds. The molecule has 0 aliphatic heterocycles. The SMILES string of the molecule is O=C(Nc1ccccc1F)N(CCC(F)(F)F)C[C@H](O)CO. The first-order valence-corrected chi connectivity index (χ1v) is 6.39. The summed E-state index contributed by atoms with van der Waals surface area (Å²) in [7, 11) is 0. The molecule has 1 atom stereocenters. The normalized spacial score (nSPS) is 12.8. The number of nitrogens with one attached hydrogen (secondary N) is 1. The van der Waals surface area contributed by atoms with E-state index in [0.717, 1.165) is 6.07 Å². The fourth-order valence-corrected chi connectivity index (χ4v) is 1.61. The molecule has 3 N–H and O–H groups in total. The van der Waals surface area contributed by atoms with Gasteiger partial charge in [-0.3, -0.25) is 0 Å². The number of anilines is 1. The Labute approximate surface area is 124 Å². The van der Waals surface area contributed by atoms with E-state index in [1.165, 1.54) is 18.2 Å². The van der Waals surface area contributed by atoms with Crippen molar-refractivity contribution < 1.29 is 32.6 Å². The van der Waals surface area contributed by atoms with Crippen LogP contribution in [0.5, 0.6) is 0 Å². The topological polar surface area (TPSA) is 72.8 Å². The largest absolute Gasteiger partial charge is 0.394 e. The van der Waals surface area contributed by atoms with Gasteiger partial charge < -0.3 is 20.4 Å². The monoisotopic (exact) mass is 324 g/mol. The van der Waals surface area contributed by atoms with E-state index in [9.17, 15) is 27.5 Å². The third-order valence-corrected chi connectivity index (χ3v) is 2.71. The van der Waals surface area contributed by atoms with Crippen molar-refractivity contribution >= 4 is 11.7 Å². The second-order valence-electron chi connectivity index (χ2n) is 4.56. The number of aliphatic hydroxyl groups excluding tert-OH is 2. The molecule has 0 bridgehead atoms. The summed E-state index contributed by atoms with van der Waals surface area (Å²) in [6.07, 6.45) is -7.16. The molecular weight excluding hydrogens is 308 g/mol. The standard InChI is InChI=1S/C13H16F4N2O3/c14-10-3-1-2-4-11(10)18-12(22)19(7-9(21)8-20)6-5-13(15,16)17/h1-4,9,20-21H,5-8H2,(H,18,22)/t9-/m0/s1. The van der Waals surface area contributed by atoms with Crippen LogP contribution >= 0.6 is 0 Å². The van der Waals surface area contributed by atoms with Crippen molar-refractivity contribution in [2.45, 2.75) is 18.7 Å². The molecule has 124 valence electrons. The summed E-state index contributed by atoms with van der Waals surface area (Å²) in [4.78, 5) is 12.6. The van der Waals surface area contributed by atoms with Crippen molar-refractivity contribution in [3.8, 4) is 0 Å². The third-order valence-electron chi connectivity index (χ3n) is 2.71. The minimum atomic E-state index is -4.49. The molecule has 0 aromatic heterocycles. The Balaban J connectivity index is 2.76. The van der Waals surface area contributed by atoms with Crippen molar-refractivity contribution in [1.82, 2.24) is 4.90 Å². The van der Waals surface area contributed by atoms with Gasteiger partial charge in [-0.25, -0.2) is 9.18 Å². The van der Waals surface area contributed by atoms with Crippen LogP contribution in [0.1, 0.15) is 6.42 Å². The molecule has 0 radical (unpaired) electrons. The van der Waals surface area contributed by atoms with E-state index in [0.29, 0.717) is 4.90 Å². The van der Waals surface area contributed by atoms with Crippen LogP contribution in [0.4, 0.5) is 28.0 Å². The van der Waals surface area contributed by atoms with Gasteiger partial charge in [0, 0.05) is 6.54 Å². The van der Waals surface area contributed by atoms with Crippen LogP contribution < -0.4 is 5.32 Å². The minimum absolute atomic E-state index is 0.192. The van der Waals surface area contributed by atoms with Gasteiger partial charge in [0.05, 0.1) is 31.4 Å². The predicted octanol–water partition coefficient (Wildman–Crippen LogP) is 1.97. The average molecular weight is 324 g/mol. The smallest absolute Gasteiger partial charge is 0.390 e. The van der Waals surface area contributed by atoms with Crippen molar-refractivity contribution in [3.63, 3.8) is 0 Å². The Morgan fingerprint density at radius 1 is 1.32 bits per heavy atom. The van der Waals surface area contributed by atoms with Crippen molar-refractivity contribution in [1.29, 1.82) is 0 Å². The number of carbonyl (C=O) groups is 1. The summed E-state index contributed by atoms with van der Waals surface area (Å²) < 4.78 is 50.2. The number of urea groups is 1. The Morgan fingerprint density at radius 2 is 1.95 bits per heavy atom. The van der Waals surface area contributed by atoms with Gasteiger partial charge in [-0.1, -0.05) is 12.1 Å². The van der Waals surface area contributed by atoms with Crippen molar-refractivity contribution in [2.75, 3.05) is 25.0 Å². The molecular formula is C13H16F4N2O3. The summed E-state index contributed by atoms with van der Waals surface area (Å²) >= 11 is 0. The van der Waals surface area contributed by atoms with E-state index in [1.807, 2.05) is 0 Å². The maximum absolute atomic E-state index is 13.4. The van der Waals surface area contributed by atoms with Crippen molar-refractivity contribution in [2.24, 2.45) is 0 Å². The Bertz CT molecular complexity index is 496. The van der Waals surface area contributed by atoms with Gasteiger partial charge in [-0.2, -0.15) is 13.2 Å². The molecule has 1 aromatic carbocycles. The van der Waals surface area contributed by atoms with Crippen LogP contribution in [0.15, 0.2) is 24.3 Å². The van der Waals surface area contributed by atoms with Crippen LogP contribution in [-0.4, -0.2) is 53.1 Å². The Kier molecular flexibility index (Phi) is 6.57. The zero-order chi connectivity index (χ0) is 16.8. The number of rotatable bonds is 6. The number of alkyl halides is 3. The molecule has 9 heteroatoms. The Morgan fingerprint density at radius 3 is 2.50 bits per heavy atom. The lowest BCUT2D eigenvalue weighted by Gasteiger charge is -2.25. The highest BCUT2D eigenvalue weighted by Gasteiger charge is 2.29. The number of aliphatic hydroxyl groups is 2. The molecule has 5 nitrogen and oxygen atoms in total. The average Bonchev–Trinajstić information content (AvgIpc) is 2.44. The highest BCUT2D eigenvalue weighted by atomic mass is 19.4. The molecule has 22 heavy (non-hydrogen) atoms. The lowest BCUT2D eigenvalue weighted by Crippen LogP contribution is -2.43. The molecule has 1 aromatic rings. The number of nitrogens with zero attached hydrogens (tertiary/aromatic N) is 1. The van der Waals surface area contributed by atoms with Gasteiger partial charge in [-0.15, -0.1) is 0 Å². The second kappa shape index (κ2) is 7.95.